The number of alkyl halides is 3. The van der Waals surface area contributed by atoms with Crippen LogP contribution >= 0.6 is 0 Å². The lowest BCUT2D eigenvalue weighted by atomic mass is 9.90. The number of ether oxygens (including phenoxy) is 1. The number of carbonyl (C=O) groups is 1. The maximum absolute atomic E-state index is 12.3. The van der Waals surface area contributed by atoms with Gasteiger partial charge in [0.1, 0.15) is 5.54 Å². The first-order valence-corrected chi connectivity index (χ1v) is 6.88. The molecule has 1 atom stereocenters. The van der Waals surface area contributed by atoms with Crippen LogP contribution in [0.1, 0.15) is 20.8 Å². The second-order valence-electron chi connectivity index (χ2n) is 5.41. The lowest BCUT2D eigenvalue weighted by Gasteiger charge is -2.27. The standard InChI is InChI=1S/C15H18F3N3O2/c1-10(2)14(3,9-19)21-13(22)8-20-11-6-4-5-7-12(11)23-15(16,17)18/h4-7,10,20H,8H2,1-3H3,(H,21,22). The van der Waals surface area contributed by atoms with E-state index in [1.54, 1.807) is 20.8 Å². The first-order valence-electron chi connectivity index (χ1n) is 6.88. The van der Waals surface area contributed by atoms with Gasteiger partial charge >= 0.3 is 6.36 Å². The van der Waals surface area contributed by atoms with E-state index in [0.717, 1.165) is 6.07 Å². The fourth-order valence-electron chi connectivity index (χ4n) is 1.64. The number of hydrogen-bond acceptors (Lipinski definition) is 4. The molecule has 0 heterocycles. The number of anilines is 1. The fraction of sp³-hybridized carbons (Fsp3) is 0.467. The molecule has 8 heteroatoms. The molecule has 0 aliphatic rings. The Morgan fingerprint density at radius 3 is 2.48 bits per heavy atom. The van der Waals surface area contributed by atoms with Crippen molar-refractivity contribution in [2.75, 3.05) is 11.9 Å². The van der Waals surface area contributed by atoms with E-state index < -0.39 is 23.6 Å². The van der Waals surface area contributed by atoms with E-state index in [4.69, 9.17) is 5.26 Å². The molecular weight excluding hydrogens is 311 g/mol. The summed E-state index contributed by atoms with van der Waals surface area (Å²) in [6.45, 7) is 4.85. The van der Waals surface area contributed by atoms with E-state index in [1.165, 1.54) is 18.2 Å². The minimum absolute atomic E-state index is 0.0307. The number of hydrogen-bond donors (Lipinski definition) is 2. The second-order valence-corrected chi connectivity index (χ2v) is 5.41. The number of nitriles is 1. The van der Waals surface area contributed by atoms with Gasteiger partial charge in [-0.05, 0) is 25.0 Å². The number of benzene rings is 1. The molecular formula is C15H18F3N3O2. The Morgan fingerprint density at radius 1 is 1.35 bits per heavy atom. The number of para-hydroxylation sites is 2. The van der Waals surface area contributed by atoms with Gasteiger partial charge in [0, 0.05) is 0 Å². The Labute approximate surface area is 132 Å². The van der Waals surface area contributed by atoms with Gasteiger partial charge in [0.25, 0.3) is 0 Å². The second kappa shape index (κ2) is 7.22. The highest BCUT2D eigenvalue weighted by atomic mass is 19.4. The van der Waals surface area contributed by atoms with Crippen LogP contribution in [0.5, 0.6) is 5.75 Å². The van der Waals surface area contributed by atoms with Crippen LogP contribution in [-0.2, 0) is 4.79 Å². The van der Waals surface area contributed by atoms with Crippen molar-refractivity contribution in [2.45, 2.75) is 32.7 Å². The van der Waals surface area contributed by atoms with Gasteiger partial charge in [0.2, 0.25) is 5.91 Å². The smallest absolute Gasteiger partial charge is 0.404 e. The van der Waals surface area contributed by atoms with Crippen LogP contribution in [-0.4, -0.2) is 24.4 Å². The van der Waals surface area contributed by atoms with Crippen LogP contribution in [0, 0.1) is 17.2 Å². The number of nitrogens with one attached hydrogen (secondary N) is 2. The van der Waals surface area contributed by atoms with Crippen LogP contribution < -0.4 is 15.4 Å². The third kappa shape index (κ3) is 5.70. The van der Waals surface area contributed by atoms with Gasteiger partial charge < -0.3 is 15.4 Å². The number of rotatable bonds is 6. The van der Waals surface area contributed by atoms with Crippen LogP contribution in [0.2, 0.25) is 0 Å². The Bertz CT molecular complexity index is 596. The summed E-state index contributed by atoms with van der Waals surface area (Å²) in [6.07, 6.45) is -4.82. The zero-order chi connectivity index (χ0) is 17.7. The molecule has 0 aliphatic carbocycles. The lowest BCUT2D eigenvalue weighted by Crippen LogP contribution is -2.50. The zero-order valence-electron chi connectivity index (χ0n) is 13.0. The fourth-order valence-corrected chi connectivity index (χ4v) is 1.64. The van der Waals surface area contributed by atoms with Crippen molar-refractivity contribution in [1.29, 1.82) is 5.26 Å². The molecule has 1 aromatic rings. The van der Waals surface area contributed by atoms with Crippen molar-refractivity contribution in [1.82, 2.24) is 5.32 Å². The molecule has 0 aromatic heterocycles. The van der Waals surface area contributed by atoms with Crippen molar-refractivity contribution in [3.8, 4) is 11.8 Å². The Balaban J connectivity index is 2.72. The lowest BCUT2D eigenvalue weighted by molar-refractivity contribution is -0.274. The average molecular weight is 329 g/mol. The van der Waals surface area contributed by atoms with Crippen LogP contribution in [0.15, 0.2) is 24.3 Å². The van der Waals surface area contributed by atoms with E-state index >= 15 is 0 Å². The van der Waals surface area contributed by atoms with Crippen LogP contribution in [0.3, 0.4) is 0 Å². The van der Waals surface area contributed by atoms with Crippen LogP contribution in [0.25, 0.3) is 0 Å². The molecule has 1 aromatic carbocycles. The normalized spacial score (nSPS) is 13.8. The van der Waals surface area contributed by atoms with E-state index in [0.29, 0.717) is 0 Å². The van der Waals surface area contributed by atoms with E-state index in [-0.39, 0.29) is 18.2 Å². The van der Waals surface area contributed by atoms with E-state index in [9.17, 15) is 18.0 Å². The van der Waals surface area contributed by atoms with E-state index in [1.807, 2.05) is 6.07 Å². The predicted octanol–water partition coefficient (Wildman–Crippen LogP) is 3.05. The molecule has 0 radical (unpaired) electrons. The average Bonchev–Trinajstić information content (AvgIpc) is 2.44. The first-order chi connectivity index (χ1) is 10.6. The quantitative estimate of drug-likeness (QED) is 0.841. The van der Waals surface area contributed by atoms with Crippen molar-refractivity contribution in [3.63, 3.8) is 0 Å². The third-order valence-corrected chi connectivity index (χ3v) is 3.34. The minimum atomic E-state index is -4.82. The molecule has 1 rings (SSSR count). The molecule has 0 aliphatic heterocycles. The predicted molar refractivity (Wildman–Crippen MR) is 78.6 cm³/mol. The number of carbonyl (C=O) groups excluding carboxylic acids is 1. The summed E-state index contributed by atoms with van der Waals surface area (Å²) in [6, 6.07) is 7.42. The summed E-state index contributed by atoms with van der Waals surface area (Å²) < 4.78 is 40.8. The van der Waals surface area contributed by atoms with Gasteiger partial charge in [-0.15, -0.1) is 13.2 Å². The molecule has 0 saturated carbocycles. The highest BCUT2D eigenvalue weighted by Crippen LogP contribution is 2.29. The monoisotopic (exact) mass is 329 g/mol. The molecule has 1 unspecified atom stereocenters. The summed E-state index contributed by atoms with van der Waals surface area (Å²) in [4.78, 5) is 11.9. The van der Waals surface area contributed by atoms with Gasteiger partial charge in [0.15, 0.2) is 5.75 Å². The molecule has 1 amide bonds. The van der Waals surface area contributed by atoms with E-state index in [2.05, 4.69) is 15.4 Å². The van der Waals surface area contributed by atoms with Crippen molar-refractivity contribution in [2.24, 2.45) is 5.92 Å². The molecule has 126 valence electrons. The number of amides is 1. The van der Waals surface area contributed by atoms with Crippen molar-refractivity contribution >= 4 is 11.6 Å². The topological polar surface area (TPSA) is 74.2 Å². The highest BCUT2D eigenvalue weighted by Gasteiger charge is 2.32. The Kier molecular flexibility index (Phi) is 5.85. The first kappa shape index (κ1) is 18.6. The van der Waals surface area contributed by atoms with Crippen molar-refractivity contribution in [3.05, 3.63) is 24.3 Å². The van der Waals surface area contributed by atoms with Gasteiger partial charge in [-0.25, -0.2) is 0 Å². The van der Waals surface area contributed by atoms with Crippen LogP contribution in [0.4, 0.5) is 18.9 Å². The number of nitrogens with zero attached hydrogens (tertiary/aromatic N) is 1. The molecule has 0 spiro atoms. The SMILES string of the molecule is CC(C)C(C)(C#N)NC(=O)CNc1ccccc1OC(F)(F)F. The molecule has 0 bridgehead atoms. The Hall–Kier alpha value is -2.43. The maximum atomic E-state index is 12.3. The minimum Gasteiger partial charge on any atom is -0.404 e. The summed E-state index contributed by atoms with van der Waals surface area (Å²) in [5.41, 5.74) is -1.02. The molecule has 23 heavy (non-hydrogen) atoms. The van der Waals surface area contributed by atoms with Crippen molar-refractivity contribution < 1.29 is 22.7 Å². The third-order valence-electron chi connectivity index (χ3n) is 3.34. The van der Waals surface area contributed by atoms with Gasteiger partial charge in [-0.3, -0.25) is 4.79 Å². The van der Waals surface area contributed by atoms with Gasteiger partial charge in [-0.2, -0.15) is 5.26 Å². The summed E-state index contributed by atoms with van der Waals surface area (Å²) in [5.74, 6) is -1.07. The Morgan fingerprint density at radius 2 is 1.96 bits per heavy atom. The summed E-state index contributed by atoms with van der Waals surface area (Å²) in [7, 11) is 0. The highest BCUT2D eigenvalue weighted by molar-refractivity contribution is 5.82. The maximum Gasteiger partial charge on any atom is 0.573 e. The molecule has 5 nitrogen and oxygen atoms in total. The summed E-state index contributed by atoms with van der Waals surface area (Å²) in [5, 5.41) is 14.3. The molecule has 0 fully saturated rings. The van der Waals surface area contributed by atoms with Gasteiger partial charge in [-0.1, -0.05) is 26.0 Å². The van der Waals surface area contributed by atoms with Gasteiger partial charge in [0.05, 0.1) is 18.3 Å². The molecule has 2 N–H and O–H groups in total. The molecule has 0 saturated heterocycles. The summed E-state index contributed by atoms with van der Waals surface area (Å²) >= 11 is 0. The zero-order valence-corrected chi connectivity index (χ0v) is 13.0. The largest absolute Gasteiger partial charge is 0.573 e. The number of halogens is 3.